The van der Waals surface area contributed by atoms with E-state index in [1.54, 1.807) is 12.3 Å². The van der Waals surface area contributed by atoms with E-state index in [-0.39, 0.29) is 11.4 Å². The summed E-state index contributed by atoms with van der Waals surface area (Å²) in [4.78, 5) is 16.1. The summed E-state index contributed by atoms with van der Waals surface area (Å²) in [5.74, 6) is -0.314. The van der Waals surface area contributed by atoms with Gasteiger partial charge < -0.3 is 4.57 Å². The Hall–Kier alpha value is -3.27. The minimum Gasteiger partial charge on any atom is -0.327 e. The Labute approximate surface area is 163 Å². The first-order valence-corrected chi connectivity index (χ1v) is 9.20. The molecule has 2 aromatic carbocycles. The summed E-state index contributed by atoms with van der Waals surface area (Å²) in [5.41, 5.74) is 3.97. The van der Waals surface area contributed by atoms with Crippen molar-refractivity contribution in [2.75, 3.05) is 0 Å². The maximum atomic E-state index is 14.9. The van der Waals surface area contributed by atoms with E-state index in [0.29, 0.717) is 16.7 Å². The molecular formula is C24H21FN2O. The lowest BCUT2D eigenvalue weighted by molar-refractivity contribution is 0.112. The van der Waals surface area contributed by atoms with Gasteiger partial charge in [0.2, 0.25) is 0 Å². The number of pyridine rings is 1. The SMILES string of the molecule is CC(C)(C)n1cc(C=O)c2cc(-c3ccc(-c4ccccc4)cc3F)cnc21. The van der Waals surface area contributed by atoms with Crippen molar-refractivity contribution in [1.29, 1.82) is 0 Å². The van der Waals surface area contributed by atoms with E-state index in [1.807, 2.05) is 53.2 Å². The summed E-state index contributed by atoms with van der Waals surface area (Å²) >= 11 is 0. The third-order valence-corrected chi connectivity index (χ3v) is 4.91. The Morgan fingerprint density at radius 1 is 0.964 bits per heavy atom. The van der Waals surface area contributed by atoms with Crippen LogP contribution in [0.2, 0.25) is 0 Å². The smallest absolute Gasteiger partial charge is 0.152 e. The Balaban J connectivity index is 1.83. The fraction of sp³-hybridized carbons (Fsp3) is 0.167. The van der Waals surface area contributed by atoms with E-state index < -0.39 is 0 Å². The number of carbonyl (C=O) groups is 1. The molecule has 0 fully saturated rings. The highest BCUT2D eigenvalue weighted by molar-refractivity contribution is 5.98. The van der Waals surface area contributed by atoms with Crippen LogP contribution >= 0.6 is 0 Å². The number of fused-ring (bicyclic) bond motifs is 1. The first-order valence-electron chi connectivity index (χ1n) is 9.20. The molecule has 0 aliphatic carbocycles. The summed E-state index contributed by atoms with van der Waals surface area (Å²) in [5, 5.41) is 0.731. The normalized spacial score (nSPS) is 11.7. The molecule has 3 nitrogen and oxygen atoms in total. The number of hydrogen-bond donors (Lipinski definition) is 0. The molecule has 0 spiro atoms. The summed E-state index contributed by atoms with van der Waals surface area (Å²) < 4.78 is 16.9. The molecule has 0 saturated heterocycles. The highest BCUT2D eigenvalue weighted by atomic mass is 19.1. The predicted molar refractivity (Wildman–Crippen MR) is 111 cm³/mol. The molecule has 4 rings (SSSR count). The first-order chi connectivity index (χ1) is 13.4. The van der Waals surface area contributed by atoms with Crippen LogP contribution in [-0.2, 0) is 5.54 Å². The minimum atomic E-state index is -0.314. The Bertz CT molecular complexity index is 1170. The van der Waals surface area contributed by atoms with Crippen LogP contribution in [0.25, 0.3) is 33.3 Å². The number of rotatable bonds is 3. The van der Waals surface area contributed by atoms with E-state index in [1.165, 1.54) is 6.07 Å². The van der Waals surface area contributed by atoms with Crippen molar-refractivity contribution in [3.05, 3.63) is 78.4 Å². The molecule has 2 aromatic heterocycles. The third kappa shape index (κ3) is 3.11. The molecule has 2 heterocycles. The topological polar surface area (TPSA) is 34.9 Å². The van der Waals surface area contributed by atoms with Crippen LogP contribution in [0.4, 0.5) is 4.39 Å². The molecule has 0 bridgehead atoms. The molecular weight excluding hydrogens is 351 g/mol. The number of carbonyl (C=O) groups excluding carboxylic acids is 1. The van der Waals surface area contributed by atoms with E-state index in [0.717, 1.165) is 28.4 Å². The predicted octanol–water partition coefficient (Wildman–Crippen LogP) is 6.08. The average Bonchev–Trinajstić information content (AvgIpc) is 3.07. The summed E-state index contributed by atoms with van der Waals surface area (Å²) in [7, 11) is 0. The monoisotopic (exact) mass is 372 g/mol. The zero-order valence-electron chi connectivity index (χ0n) is 16.1. The second kappa shape index (κ2) is 6.71. The molecule has 140 valence electrons. The van der Waals surface area contributed by atoms with Gasteiger partial charge in [-0.2, -0.15) is 0 Å². The van der Waals surface area contributed by atoms with Gasteiger partial charge >= 0.3 is 0 Å². The lowest BCUT2D eigenvalue weighted by Crippen LogP contribution is -2.20. The fourth-order valence-corrected chi connectivity index (χ4v) is 3.44. The number of hydrogen-bond acceptors (Lipinski definition) is 2. The molecule has 0 atom stereocenters. The zero-order chi connectivity index (χ0) is 19.9. The summed E-state index contributed by atoms with van der Waals surface area (Å²) in [6, 6.07) is 16.7. The molecule has 0 aliphatic rings. The van der Waals surface area contributed by atoms with E-state index in [9.17, 15) is 9.18 Å². The van der Waals surface area contributed by atoms with Crippen LogP contribution in [0.5, 0.6) is 0 Å². The van der Waals surface area contributed by atoms with Crippen LogP contribution in [-0.4, -0.2) is 15.8 Å². The highest BCUT2D eigenvalue weighted by Gasteiger charge is 2.20. The lowest BCUT2D eigenvalue weighted by atomic mass is 10.00. The number of halogens is 1. The summed E-state index contributed by atoms with van der Waals surface area (Å²) in [6.45, 7) is 6.16. The van der Waals surface area contributed by atoms with Gasteiger partial charge in [-0.15, -0.1) is 0 Å². The number of aromatic nitrogens is 2. The quantitative estimate of drug-likeness (QED) is 0.409. The molecule has 0 radical (unpaired) electrons. The molecule has 4 heteroatoms. The molecule has 0 N–H and O–H groups in total. The maximum Gasteiger partial charge on any atom is 0.152 e. The number of aldehydes is 1. The fourth-order valence-electron chi connectivity index (χ4n) is 3.44. The van der Waals surface area contributed by atoms with Crippen molar-refractivity contribution in [2.24, 2.45) is 0 Å². The second-order valence-corrected chi connectivity index (χ2v) is 7.90. The van der Waals surface area contributed by atoms with E-state index in [4.69, 9.17) is 0 Å². The van der Waals surface area contributed by atoms with Gasteiger partial charge in [0.15, 0.2) is 6.29 Å². The third-order valence-electron chi connectivity index (χ3n) is 4.91. The van der Waals surface area contributed by atoms with Gasteiger partial charge in [0.05, 0.1) is 0 Å². The molecule has 28 heavy (non-hydrogen) atoms. The van der Waals surface area contributed by atoms with Crippen LogP contribution in [0.1, 0.15) is 31.1 Å². The lowest BCUT2D eigenvalue weighted by Gasteiger charge is -2.21. The van der Waals surface area contributed by atoms with Crippen LogP contribution < -0.4 is 0 Å². The molecule has 4 aromatic rings. The molecule has 0 unspecified atom stereocenters. The molecule has 0 saturated carbocycles. The van der Waals surface area contributed by atoms with E-state index >= 15 is 0 Å². The molecule has 0 amide bonds. The Morgan fingerprint density at radius 2 is 1.71 bits per heavy atom. The second-order valence-electron chi connectivity index (χ2n) is 7.90. The molecule has 0 aliphatic heterocycles. The van der Waals surface area contributed by atoms with Gasteiger partial charge in [0.25, 0.3) is 0 Å². The zero-order valence-corrected chi connectivity index (χ0v) is 16.1. The Morgan fingerprint density at radius 3 is 2.36 bits per heavy atom. The van der Waals surface area contributed by atoms with Gasteiger partial charge in [-0.05, 0) is 44.0 Å². The highest BCUT2D eigenvalue weighted by Crippen LogP contribution is 2.32. The number of benzene rings is 2. The number of nitrogens with zero attached hydrogens (tertiary/aromatic N) is 2. The van der Waals surface area contributed by atoms with Crippen molar-refractivity contribution in [1.82, 2.24) is 9.55 Å². The van der Waals surface area contributed by atoms with Gasteiger partial charge in [0.1, 0.15) is 11.5 Å². The Kier molecular flexibility index (Phi) is 4.34. The van der Waals surface area contributed by atoms with Crippen molar-refractivity contribution < 1.29 is 9.18 Å². The summed E-state index contributed by atoms with van der Waals surface area (Å²) in [6.07, 6.45) is 4.30. The van der Waals surface area contributed by atoms with Crippen LogP contribution in [0.3, 0.4) is 0 Å². The van der Waals surface area contributed by atoms with Gasteiger partial charge in [0, 0.05) is 40.0 Å². The standard InChI is InChI=1S/C24H21FN2O/c1-24(2,3)27-14-19(15-28)21-11-18(13-26-23(21)27)20-10-9-17(12-22(20)25)16-7-5-4-6-8-16/h4-15H,1-3H3. The van der Waals surface area contributed by atoms with Crippen molar-refractivity contribution in [3.63, 3.8) is 0 Å². The van der Waals surface area contributed by atoms with Crippen LogP contribution in [0, 0.1) is 5.82 Å². The maximum absolute atomic E-state index is 14.9. The largest absolute Gasteiger partial charge is 0.327 e. The van der Waals surface area contributed by atoms with Gasteiger partial charge in [-0.1, -0.05) is 42.5 Å². The van der Waals surface area contributed by atoms with Crippen molar-refractivity contribution in [2.45, 2.75) is 26.3 Å². The first kappa shape index (κ1) is 18.1. The van der Waals surface area contributed by atoms with Gasteiger partial charge in [-0.25, -0.2) is 9.37 Å². The van der Waals surface area contributed by atoms with Crippen molar-refractivity contribution >= 4 is 17.3 Å². The average molecular weight is 372 g/mol. The minimum absolute atomic E-state index is 0.212. The van der Waals surface area contributed by atoms with Crippen LogP contribution in [0.15, 0.2) is 67.0 Å². The van der Waals surface area contributed by atoms with Gasteiger partial charge in [-0.3, -0.25) is 4.79 Å². The van der Waals surface area contributed by atoms with Crippen molar-refractivity contribution in [3.8, 4) is 22.3 Å². The van der Waals surface area contributed by atoms with E-state index in [2.05, 4.69) is 25.8 Å².